The number of nitrogens with one attached hydrogen (secondary N) is 1. The molecule has 0 atom stereocenters. The normalized spacial score (nSPS) is 10.4. The molecule has 0 radical (unpaired) electrons. The molecular weight excluding hydrogens is 306 g/mol. The van der Waals surface area contributed by atoms with Crippen molar-refractivity contribution < 1.29 is 18.7 Å². The quantitative estimate of drug-likeness (QED) is 0.536. The van der Waals surface area contributed by atoms with Crippen molar-refractivity contribution in [1.29, 1.82) is 0 Å². The maximum atomic E-state index is 11.9. The zero-order valence-corrected chi connectivity index (χ0v) is 13.9. The Kier molecular flexibility index (Phi) is 7.08. The van der Waals surface area contributed by atoms with Gasteiger partial charge in [-0.2, -0.15) is 0 Å². The number of rotatable bonds is 9. The second-order valence-corrected chi connectivity index (χ2v) is 5.56. The van der Waals surface area contributed by atoms with E-state index in [-0.39, 0.29) is 17.6 Å². The Morgan fingerprint density at radius 1 is 1.04 bits per heavy atom. The van der Waals surface area contributed by atoms with Crippen molar-refractivity contribution in [2.24, 2.45) is 0 Å². The van der Waals surface area contributed by atoms with Crippen molar-refractivity contribution in [3.63, 3.8) is 0 Å². The molecule has 2 aromatic rings. The Balaban J connectivity index is 1.76. The first-order valence-corrected chi connectivity index (χ1v) is 8.32. The minimum atomic E-state index is -0.339. The van der Waals surface area contributed by atoms with Crippen molar-refractivity contribution in [3.05, 3.63) is 54.0 Å². The number of ether oxygens (including phenoxy) is 1. The van der Waals surface area contributed by atoms with Crippen molar-refractivity contribution in [2.75, 3.05) is 11.9 Å². The molecule has 128 valence electrons. The van der Waals surface area contributed by atoms with Gasteiger partial charge in [-0.25, -0.2) is 4.79 Å². The number of hydrogen-bond acceptors (Lipinski definition) is 4. The van der Waals surface area contributed by atoms with Gasteiger partial charge in [-0.1, -0.05) is 32.6 Å². The first-order chi connectivity index (χ1) is 11.7. The van der Waals surface area contributed by atoms with Crippen LogP contribution in [0.1, 0.15) is 59.9 Å². The van der Waals surface area contributed by atoms with Crippen LogP contribution in [0.4, 0.5) is 5.69 Å². The van der Waals surface area contributed by atoms with Crippen LogP contribution in [-0.2, 0) is 4.74 Å². The number of unbranched alkanes of at least 4 members (excludes halogenated alkanes) is 4. The predicted molar refractivity (Wildman–Crippen MR) is 92.1 cm³/mol. The highest BCUT2D eigenvalue weighted by atomic mass is 16.5. The van der Waals surface area contributed by atoms with Gasteiger partial charge >= 0.3 is 5.97 Å². The van der Waals surface area contributed by atoms with Crippen LogP contribution < -0.4 is 5.32 Å². The van der Waals surface area contributed by atoms with E-state index in [0.717, 1.165) is 12.8 Å². The van der Waals surface area contributed by atoms with Gasteiger partial charge in [-0.15, -0.1) is 0 Å². The van der Waals surface area contributed by atoms with Crippen LogP contribution in [0.25, 0.3) is 0 Å². The Morgan fingerprint density at radius 2 is 1.79 bits per heavy atom. The fourth-order valence-corrected chi connectivity index (χ4v) is 2.24. The summed E-state index contributed by atoms with van der Waals surface area (Å²) < 4.78 is 10.3. The van der Waals surface area contributed by atoms with Crippen LogP contribution in [0.2, 0.25) is 0 Å². The maximum Gasteiger partial charge on any atom is 0.338 e. The molecule has 0 spiro atoms. The maximum absolute atomic E-state index is 11.9. The van der Waals surface area contributed by atoms with Crippen LogP contribution in [-0.4, -0.2) is 18.5 Å². The van der Waals surface area contributed by atoms with E-state index in [0.29, 0.717) is 17.9 Å². The van der Waals surface area contributed by atoms with Crippen molar-refractivity contribution in [1.82, 2.24) is 0 Å². The molecule has 1 aromatic heterocycles. The third-order valence-corrected chi connectivity index (χ3v) is 3.60. The van der Waals surface area contributed by atoms with E-state index in [4.69, 9.17) is 9.15 Å². The third-order valence-electron chi connectivity index (χ3n) is 3.60. The SMILES string of the molecule is CCCCCCCOC(=O)c1ccc(NC(=O)c2ccco2)cc1. The Bertz CT molecular complexity index is 632. The molecule has 0 bridgehead atoms. The predicted octanol–water partition coefficient (Wildman–Crippen LogP) is 4.66. The molecular formula is C19H23NO4. The number of benzene rings is 1. The van der Waals surface area contributed by atoms with Crippen LogP contribution in [0, 0.1) is 0 Å². The van der Waals surface area contributed by atoms with Gasteiger partial charge in [-0.05, 0) is 42.8 Å². The van der Waals surface area contributed by atoms with Crippen LogP contribution in [0.15, 0.2) is 47.1 Å². The summed E-state index contributed by atoms with van der Waals surface area (Å²) >= 11 is 0. The van der Waals surface area contributed by atoms with E-state index >= 15 is 0 Å². The van der Waals surface area contributed by atoms with E-state index in [2.05, 4.69) is 12.2 Å². The minimum absolute atomic E-state index is 0.238. The van der Waals surface area contributed by atoms with Crippen molar-refractivity contribution >= 4 is 17.6 Å². The summed E-state index contributed by atoms with van der Waals surface area (Å²) in [5.41, 5.74) is 1.06. The van der Waals surface area contributed by atoms with Gasteiger partial charge in [0.2, 0.25) is 0 Å². The van der Waals surface area contributed by atoms with Crippen LogP contribution in [0.3, 0.4) is 0 Å². The van der Waals surface area contributed by atoms with E-state index in [1.165, 1.54) is 25.5 Å². The van der Waals surface area contributed by atoms with E-state index in [1.807, 2.05) is 0 Å². The number of amides is 1. The number of carbonyl (C=O) groups is 2. The first kappa shape index (κ1) is 17.8. The molecule has 1 aromatic carbocycles. The number of furan rings is 1. The average Bonchev–Trinajstić information content (AvgIpc) is 3.13. The topological polar surface area (TPSA) is 68.5 Å². The molecule has 0 fully saturated rings. The molecule has 24 heavy (non-hydrogen) atoms. The van der Waals surface area contributed by atoms with Gasteiger partial charge in [0.05, 0.1) is 18.4 Å². The summed E-state index contributed by atoms with van der Waals surface area (Å²) in [6.45, 7) is 2.61. The molecule has 0 saturated heterocycles. The van der Waals surface area contributed by atoms with Crippen LogP contribution in [0.5, 0.6) is 0 Å². The van der Waals surface area contributed by atoms with E-state index in [9.17, 15) is 9.59 Å². The molecule has 1 heterocycles. The summed E-state index contributed by atoms with van der Waals surface area (Å²) in [6.07, 6.45) is 7.01. The standard InChI is InChI=1S/C19H23NO4/c1-2-3-4-5-6-13-24-19(22)15-9-11-16(12-10-15)20-18(21)17-8-7-14-23-17/h7-12,14H,2-6,13H2,1H3,(H,20,21). The van der Waals surface area contributed by atoms with Crippen molar-refractivity contribution in [2.45, 2.75) is 39.0 Å². The zero-order chi connectivity index (χ0) is 17.2. The van der Waals surface area contributed by atoms with Gasteiger partial charge < -0.3 is 14.5 Å². The van der Waals surface area contributed by atoms with Gasteiger partial charge in [-0.3, -0.25) is 4.79 Å². The van der Waals surface area contributed by atoms with E-state index < -0.39 is 0 Å². The van der Waals surface area contributed by atoms with Crippen molar-refractivity contribution in [3.8, 4) is 0 Å². The molecule has 0 aliphatic rings. The molecule has 5 nitrogen and oxygen atoms in total. The second-order valence-electron chi connectivity index (χ2n) is 5.56. The summed E-state index contributed by atoms with van der Waals surface area (Å²) in [5, 5.41) is 2.70. The summed E-state index contributed by atoms with van der Waals surface area (Å²) in [6, 6.07) is 9.84. The lowest BCUT2D eigenvalue weighted by atomic mass is 10.2. The highest BCUT2D eigenvalue weighted by Gasteiger charge is 2.10. The Morgan fingerprint density at radius 3 is 2.46 bits per heavy atom. The monoisotopic (exact) mass is 329 g/mol. The molecule has 1 amide bonds. The smallest absolute Gasteiger partial charge is 0.338 e. The van der Waals surface area contributed by atoms with Gasteiger partial charge in [0.25, 0.3) is 5.91 Å². The lowest BCUT2D eigenvalue weighted by Gasteiger charge is -2.06. The van der Waals surface area contributed by atoms with E-state index in [1.54, 1.807) is 36.4 Å². The molecule has 0 saturated carbocycles. The minimum Gasteiger partial charge on any atom is -0.462 e. The highest BCUT2D eigenvalue weighted by Crippen LogP contribution is 2.13. The number of hydrogen-bond donors (Lipinski definition) is 1. The Hall–Kier alpha value is -2.56. The number of carbonyl (C=O) groups excluding carboxylic acids is 2. The molecule has 5 heteroatoms. The van der Waals surface area contributed by atoms with Gasteiger partial charge in [0.15, 0.2) is 5.76 Å². The average molecular weight is 329 g/mol. The van der Waals surface area contributed by atoms with Gasteiger partial charge in [0.1, 0.15) is 0 Å². The van der Waals surface area contributed by atoms with Crippen LogP contribution >= 0.6 is 0 Å². The fourth-order valence-electron chi connectivity index (χ4n) is 2.24. The first-order valence-electron chi connectivity index (χ1n) is 8.32. The number of esters is 1. The lowest BCUT2D eigenvalue weighted by molar-refractivity contribution is 0.0497. The molecule has 0 unspecified atom stereocenters. The summed E-state index contributed by atoms with van der Waals surface area (Å²) in [5.74, 6) is -0.432. The largest absolute Gasteiger partial charge is 0.462 e. The zero-order valence-electron chi connectivity index (χ0n) is 13.9. The highest BCUT2D eigenvalue weighted by molar-refractivity contribution is 6.02. The third kappa shape index (κ3) is 5.57. The lowest BCUT2D eigenvalue weighted by Crippen LogP contribution is -2.11. The molecule has 1 N–H and O–H groups in total. The Labute approximate surface area is 142 Å². The molecule has 0 aliphatic heterocycles. The number of anilines is 1. The molecule has 0 aliphatic carbocycles. The fraction of sp³-hybridized carbons (Fsp3) is 0.368. The van der Waals surface area contributed by atoms with Gasteiger partial charge in [0, 0.05) is 5.69 Å². The second kappa shape index (κ2) is 9.55. The molecule has 2 rings (SSSR count). The summed E-state index contributed by atoms with van der Waals surface area (Å²) in [4.78, 5) is 23.8. The summed E-state index contributed by atoms with van der Waals surface area (Å²) in [7, 11) is 0.